The first-order chi connectivity index (χ1) is 7.52. The van der Waals surface area contributed by atoms with E-state index < -0.39 is 0 Å². The van der Waals surface area contributed by atoms with Crippen molar-refractivity contribution >= 4 is 5.78 Å². The molecule has 0 aliphatic heterocycles. The lowest BCUT2D eigenvalue weighted by Gasteiger charge is -2.09. The van der Waals surface area contributed by atoms with Gasteiger partial charge in [-0.2, -0.15) is 0 Å². The maximum absolute atomic E-state index is 11.3. The highest BCUT2D eigenvalue weighted by Crippen LogP contribution is 2.06. The van der Waals surface area contributed by atoms with Gasteiger partial charge in [-0.1, -0.05) is 26.5 Å². The van der Waals surface area contributed by atoms with Gasteiger partial charge in [0.2, 0.25) is 0 Å². The average Bonchev–Trinajstić information content (AvgIpc) is 2.24. The number of ether oxygens (including phenoxy) is 1. The lowest BCUT2D eigenvalue weighted by Crippen LogP contribution is -2.11. The van der Waals surface area contributed by atoms with Crippen LogP contribution in [0.2, 0.25) is 0 Å². The lowest BCUT2D eigenvalue weighted by molar-refractivity contribution is -0.122. The predicted octanol–water partition coefficient (Wildman–Crippen LogP) is 2.55. The molecule has 0 rings (SSSR count). The Morgan fingerprint density at radius 3 is 2.56 bits per heavy atom. The molecule has 90 valence electrons. The normalized spacial score (nSPS) is 12.8. The summed E-state index contributed by atoms with van der Waals surface area (Å²) < 4.78 is 5.39. The molecule has 3 nitrogen and oxygen atoms in total. The van der Waals surface area contributed by atoms with E-state index in [0.29, 0.717) is 24.5 Å². The minimum atomic E-state index is 0.0487. The molecule has 2 N–H and O–H groups in total. The monoisotopic (exact) mass is 223 g/mol. The Morgan fingerprint density at radius 1 is 1.50 bits per heavy atom. The van der Waals surface area contributed by atoms with Crippen molar-refractivity contribution in [2.45, 2.75) is 27.2 Å². The highest BCUT2D eigenvalue weighted by atomic mass is 16.5. The largest absolute Gasteiger partial charge is 0.491 e. The quantitative estimate of drug-likeness (QED) is 0.533. The number of carbonyl (C=O) groups is 1. The summed E-state index contributed by atoms with van der Waals surface area (Å²) in [6.07, 6.45) is 5.51. The fourth-order valence-corrected chi connectivity index (χ4v) is 1.07. The van der Waals surface area contributed by atoms with Crippen LogP contribution in [0, 0.1) is 5.92 Å². The minimum Gasteiger partial charge on any atom is -0.491 e. The van der Waals surface area contributed by atoms with Crippen LogP contribution in [0.4, 0.5) is 0 Å². The van der Waals surface area contributed by atoms with Gasteiger partial charge in [0.1, 0.15) is 11.5 Å². The van der Waals surface area contributed by atoms with Crippen LogP contribution in [0.25, 0.3) is 0 Å². The van der Waals surface area contributed by atoms with Gasteiger partial charge in [-0.05, 0) is 19.1 Å². The van der Waals surface area contributed by atoms with Crippen LogP contribution >= 0.6 is 0 Å². The van der Waals surface area contributed by atoms with Gasteiger partial charge < -0.3 is 10.5 Å². The summed E-state index contributed by atoms with van der Waals surface area (Å²) in [5.74, 6) is 0.760. The van der Waals surface area contributed by atoms with E-state index in [1.54, 1.807) is 12.2 Å². The molecule has 0 aromatic rings. The minimum absolute atomic E-state index is 0.0487. The van der Waals surface area contributed by atoms with E-state index in [-0.39, 0.29) is 11.7 Å². The van der Waals surface area contributed by atoms with Gasteiger partial charge in [-0.25, -0.2) is 0 Å². The fourth-order valence-electron chi connectivity index (χ4n) is 1.07. The van der Waals surface area contributed by atoms with Crippen molar-refractivity contribution in [3.63, 3.8) is 0 Å². The molecule has 0 spiro atoms. The van der Waals surface area contributed by atoms with Gasteiger partial charge in [-0.3, -0.25) is 4.79 Å². The highest BCUT2D eigenvalue weighted by Gasteiger charge is 2.07. The Morgan fingerprint density at radius 2 is 2.12 bits per heavy atom. The predicted molar refractivity (Wildman–Crippen MR) is 66.6 cm³/mol. The summed E-state index contributed by atoms with van der Waals surface area (Å²) in [7, 11) is 0. The first-order valence-electron chi connectivity index (χ1n) is 5.43. The van der Waals surface area contributed by atoms with E-state index in [1.807, 2.05) is 26.8 Å². The molecule has 0 atom stereocenters. The molecule has 0 heterocycles. The number of nitrogens with two attached hydrogens (primary N) is 1. The number of rotatable bonds is 7. The summed E-state index contributed by atoms with van der Waals surface area (Å²) in [4.78, 5) is 11.3. The fraction of sp³-hybridized carbons (Fsp3) is 0.462. The van der Waals surface area contributed by atoms with E-state index in [1.165, 1.54) is 0 Å². The lowest BCUT2D eigenvalue weighted by atomic mass is 10.1. The topological polar surface area (TPSA) is 52.3 Å². The number of hydrogen-bond donors (Lipinski definition) is 1. The summed E-state index contributed by atoms with van der Waals surface area (Å²) in [6, 6.07) is 0. The van der Waals surface area contributed by atoms with Crippen molar-refractivity contribution in [2.24, 2.45) is 11.7 Å². The van der Waals surface area contributed by atoms with Crippen LogP contribution in [0.3, 0.4) is 0 Å². The smallest absolute Gasteiger partial charge is 0.141 e. The number of carbonyl (C=O) groups excluding carboxylic acids is 1. The molecular formula is C13H21NO2. The molecule has 0 unspecified atom stereocenters. The van der Waals surface area contributed by atoms with E-state index in [4.69, 9.17) is 10.5 Å². The third kappa shape index (κ3) is 5.39. The van der Waals surface area contributed by atoms with Crippen molar-refractivity contribution in [3.8, 4) is 0 Å². The average molecular weight is 223 g/mol. The zero-order valence-corrected chi connectivity index (χ0v) is 10.3. The Labute approximate surface area is 97.7 Å². The van der Waals surface area contributed by atoms with Gasteiger partial charge >= 0.3 is 0 Å². The molecule has 0 bridgehead atoms. The highest BCUT2D eigenvalue weighted by molar-refractivity contribution is 5.80. The molecular weight excluding hydrogens is 202 g/mol. The first-order valence-corrected chi connectivity index (χ1v) is 5.43. The Bertz CT molecular complexity index is 301. The van der Waals surface area contributed by atoms with Crippen LogP contribution in [-0.2, 0) is 9.53 Å². The summed E-state index contributed by atoms with van der Waals surface area (Å²) in [6.45, 7) is 9.58. The molecule has 0 amide bonds. The molecule has 0 aromatic carbocycles. The molecule has 0 radical (unpaired) electrons. The third-order valence-corrected chi connectivity index (χ3v) is 2.07. The molecule has 0 saturated carbocycles. The molecule has 0 aliphatic carbocycles. The zero-order valence-electron chi connectivity index (χ0n) is 10.3. The summed E-state index contributed by atoms with van der Waals surface area (Å²) >= 11 is 0. The Balaban J connectivity index is 4.22. The Kier molecular flexibility index (Phi) is 7.01. The standard InChI is InChI=1S/C13H21NO2/c1-5-7-11(14)13(6-2)16-9-8-12(15)10(3)4/h5-7,10H,2,8-9,14H2,1,3-4H3/b7-5-,13-11-. The summed E-state index contributed by atoms with van der Waals surface area (Å²) in [5, 5.41) is 0. The molecule has 16 heavy (non-hydrogen) atoms. The van der Waals surface area contributed by atoms with E-state index in [2.05, 4.69) is 6.58 Å². The SMILES string of the molecule is C=C/C(OCCC(=O)C(C)C)=C(N)\C=C/C. The number of hydrogen-bond acceptors (Lipinski definition) is 3. The zero-order chi connectivity index (χ0) is 12.6. The van der Waals surface area contributed by atoms with Crippen molar-refractivity contribution in [1.82, 2.24) is 0 Å². The van der Waals surface area contributed by atoms with Crippen LogP contribution in [0.1, 0.15) is 27.2 Å². The summed E-state index contributed by atoms with van der Waals surface area (Å²) in [5.41, 5.74) is 6.25. The van der Waals surface area contributed by atoms with E-state index >= 15 is 0 Å². The maximum atomic E-state index is 11.3. The van der Waals surface area contributed by atoms with Crippen LogP contribution in [-0.4, -0.2) is 12.4 Å². The van der Waals surface area contributed by atoms with Gasteiger partial charge in [0.25, 0.3) is 0 Å². The molecule has 0 fully saturated rings. The molecule has 3 heteroatoms. The van der Waals surface area contributed by atoms with Gasteiger partial charge in [0, 0.05) is 12.3 Å². The number of ketones is 1. The van der Waals surface area contributed by atoms with E-state index in [9.17, 15) is 4.79 Å². The second-order valence-electron chi connectivity index (χ2n) is 3.74. The van der Waals surface area contributed by atoms with Crippen LogP contribution < -0.4 is 5.73 Å². The van der Waals surface area contributed by atoms with Gasteiger partial charge in [0.05, 0.1) is 12.3 Å². The second kappa shape index (κ2) is 7.74. The number of Topliss-reactive ketones (excluding diaryl/α,β-unsaturated/α-hetero) is 1. The number of allylic oxidation sites excluding steroid dienone is 3. The Hall–Kier alpha value is -1.51. The first kappa shape index (κ1) is 14.5. The molecule has 0 aliphatic rings. The molecule has 0 saturated heterocycles. The van der Waals surface area contributed by atoms with E-state index in [0.717, 1.165) is 0 Å². The second-order valence-corrected chi connectivity index (χ2v) is 3.74. The van der Waals surface area contributed by atoms with Gasteiger partial charge in [-0.15, -0.1) is 0 Å². The van der Waals surface area contributed by atoms with Crippen molar-refractivity contribution in [2.75, 3.05) is 6.61 Å². The van der Waals surface area contributed by atoms with Crippen molar-refractivity contribution in [3.05, 3.63) is 36.3 Å². The van der Waals surface area contributed by atoms with Gasteiger partial charge in [0.15, 0.2) is 0 Å². The third-order valence-electron chi connectivity index (χ3n) is 2.07. The van der Waals surface area contributed by atoms with Crippen LogP contribution in [0.5, 0.6) is 0 Å². The van der Waals surface area contributed by atoms with Crippen molar-refractivity contribution in [1.29, 1.82) is 0 Å². The van der Waals surface area contributed by atoms with Crippen molar-refractivity contribution < 1.29 is 9.53 Å². The molecule has 0 aromatic heterocycles. The van der Waals surface area contributed by atoms with Crippen LogP contribution in [0.15, 0.2) is 36.3 Å². The maximum Gasteiger partial charge on any atom is 0.141 e.